The first kappa shape index (κ1) is 20.1. The lowest BCUT2D eigenvalue weighted by Gasteiger charge is -2.29. The van der Waals surface area contributed by atoms with E-state index in [1.165, 1.54) is 12.1 Å². The number of rotatable bonds is 6. The average molecular weight is 380 g/mol. The highest BCUT2D eigenvalue weighted by molar-refractivity contribution is 7.89. The van der Waals surface area contributed by atoms with Gasteiger partial charge in [-0.1, -0.05) is 23.3 Å². The molecule has 1 aromatic rings. The molecule has 0 aliphatic heterocycles. The third kappa shape index (κ3) is 4.92. The Labute approximate surface area is 153 Å². The van der Waals surface area contributed by atoms with Crippen LogP contribution >= 0.6 is 0 Å². The van der Waals surface area contributed by atoms with Gasteiger partial charge in [-0.3, -0.25) is 9.59 Å². The van der Waals surface area contributed by atoms with Crippen molar-refractivity contribution in [1.29, 1.82) is 0 Å². The zero-order valence-corrected chi connectivity index (χ0v) is 15.7. The minimum atomic E-state index is -3.72. The van der Waals surface area contributed by atoms with E-state index in [1.54, 1.807) is 12.1 Å². The molecule has 0 radical (unpaired) electrons. The van der Waals surface area contributed by atoms with Crippen LogP contribution in [0.2, 0.25) is 0 Å². The molecule has 4 N–H and O–H groups in total. The molecule has 0 bridgehead atoms. The van der Waals surface area contributed by atoms with Gasteiger partial charge in [-0.2, -0.15) is 0 Å². The number of carboxylic acid groups (broad SMARTS) is 1. The summed E-state index contributed by atoms with van der Waals surface area (Å²) < 4.78 is 22.5. The molecule has 2 unspecified atom stereocenters. The van der Waals surface area contributed by atoms with Crippen molar-refractivity contribution < 1.29 is 23.1 Å². The Balaban J connectivity index is 1.94. The highest BCUT2D eigenvalue weighted by Crippen LogP contribution is 2.34. The maximum atomic E-state index is 12.4. The number of sulfonamides is 1. The van der Waals surface area contributed by atoms with Crippen LogP contribution in [0.25, 0.3) is 0 Å². The van der Waals surface area contributed by atoms with Crippen LogP contribution in [0.3, 0.4) is 0 Å². The predicted octanol–water partition coefficient (Wildman–Crippen LogP) is 1.44. The number of hydrogen-bond acceptors (Lipinski definition) is 4. The van der Waals surface area contributed by atoms with Crippen molar-refractivity contribution in [3.05, 3.63) is 41.0 Å². The number of primary sulfonamides is 1. The molecule has 0 aromatic heterocycles. The Bertz CT molecular complexity index is 828. The zero-order valence-electron chi connectivity index (χ0n) is 14.9. The fourth-order valence-corrected chi connectivity index (χ4v) is 3.65. The molecule has 0 saturated carbocycles. The largest absolute Gasteiger partial charge is 0.481 e. The summed E-state index contributed by atoms with van der Waals surface area (Å²) in [5.74, 6) is -2.48. The van der Waals surface area contributed by atoms with Gasteiger partial charge in [0.05, 0.1) is 16.7 Å². The van der Waals surface area contributed by atoms with E-state index in [2.05, 4.69) is 5.32 Å². The molecule has 142 valence electrons. The first-order chi connectivity index (χ1) is 12.1. The zero-order chi connectivity index (χ0) is 19.5. The smallest absolute Gasteiger partial charge is 0.307 e. The van der Waals surface area contributed by atoms with Crippen molar-refractivity contribution in [3.63, 3.8) is 0 Å². The molecular weight excluding hydrogens is 356 g/mol. The van der Waals surface area contributed by atoms with Gasteiger partial charge in [0.25, 0.3) is 0 Å². The van der Waals surface area contributed by atoms with Crippen molar-refractivity contribution in [3.8, 4) is 0 Å². The van der Waals surface area contributed by atoms with Gasteiger partial charge < -0.3 is 10.4 Å². The lowest BCUT2D eigenvalue weighted by atomic mass is 9.76. The molecule has 1 aromatic carbocycles. The summed E-state index contributed by atoms with van der Waals surface area (Å²) in [4.78, 5) is 24.0. The van der Waals surface area contributed by atoms with E-state index < -0.39 is 27.8 Å². The molecule has 0 saturated heterocycles. The third-order valence-corrected chi connectivity index (χ3v) is 5.81. The van der Waals surface area contributed by atoms with E-state index >= 15 is 0 Å². The van der Waals surface area contributed by atoms with Crippen LogP contribution < -0.4 is 10.5 Å². The second-order valence-corrected chi connectivity index (χ2v) is 8.31. The summed E-state index contributed by atoms with van der Waals surface area (Å²) in [6.45, 7) is 4.18. The quantitative estimate of drug-likeness (QED) is 0.644. The molecule has 0 heterocycles. The van der Waals surface area contributed by atoms with Crippen LogP contribution in [0.5, 0.6) is 0 Å². The SMILES string of the molecule is CC1=C(C)CC(C(=O)NCCc2ccc(S(N)(=O)=O)cc2)C(C(=O)O)C1. The second-order valence-electron chi connectivity index (χ2n) is 6.75. The van der Waals surface area contributed by atoms with Gasteiger partial charge in [0.15, 0.2) is 0 Å². The van der Waals surface area contributed by atoms with E-state index in [-0.39, 0.29) is 10.8 Å². The summed E-state index contributed by atoms with van der Waals surface area (Å²) in [5.41, 5.74) is 2.96. The van der Waals surface area contributed by atoms with E-state index in [9.17, 15) is 23.1 Å². The summed E-state index contributed by atoms with van der Waals surface area (Å²) in [6.07, 6.45) is 1.36. The molecular formula is C18H24N2O5S. The highest BCUT2D eigenvalue weighted by Gasteiger charge is 2.36. The molecule has 2 rings (SSSR count). The van der Waals surface area contributed by atoms with E-state index in [0.29, 0.717) is 25.8 Å². The summed E-state index contributed by atoms with van der Waals surface area (Å²) in [6, 6.07) is 6.13. The van der Waals surface area contributed by atoms with Crippen molar-refractivity contribution >= 4 is 21.9 Å². The number of carbonyl (C=O) groups is 2. The minimum Gasteiger partial charge on any atom is -0.481 e. The van der Waals surface area contributed by atoms with E-state index in [1.807, 2.05) is 13.8 Å². The molecule has 8 heteroatoms. The lowest BCUT2D eigenvalue weighted by molar-refractivity contribution is -0.147. The van der Waals surface area contributed by atoms with Crippen molar-refractivity contribution in [2.24, 2.45) is 17.0 Å². The minimum absolute atomic E-state index is 0.0365. The number of carbonyl (C=O) groups excluding carboxylic acids is 1. The molecule has 26 heavy (non-hydrogen) atoms. The molecule has 0 fully saturated rings. The van der Waals surface area contributed by atoms with Crippen molar-refractivity contribution in [1.82, 2.24) is 5.32 Å². The first-order valence-electron chi connectivity index (χ1n) is 8.37. The Hall–Kier alpha value is -2.19. The van der Waals surface area contributed by atoms with Crippen LogP contribution in [0.4, 0.5) is 0 Å². The summed E-state index contributed by atoms with van der Waals surface area (Å²) in [7, 11) is -3.72. The average Bonchev–Trinajstić information content (AvgIpc) is 2.56. The Morgan fingerprint density at radius 3 is 2.15 bits per heavy atom. The Kier molecular flexibility index (Phi) is 6.20. The maximum Gasteiger partial charge on any atom is 0.307 e. The number of benzene rings is 1. The van der Waals surface area contributed by atoms with Gasteiger partial charge in [-0.05, 0) is 50.8 Å². The number of hydrogen-bond donors (Lipinski definition) is 3. The normalized spacial score (nSPS) is 20.7. The van der Waals surface area contributed by atoms with Gasteiger partial charge in [0.2, 0.25) is 15.9 Å². The number of aliphatic carboxylic acids is 1. The van der Waals surface area contributed by atoms with Gasteiger partial charge >= 0.3 is 5.97 Å². The van der Waals surface area contributed by atoms with Crippen LogP contribution in [0, 0.1) is 11.8 Å². The first-order valence-corrected chi connectivity index (χ1v) is 9.91. The van der Waals surface area contributed by atoms with Crippen LogP contribution in [0.1, 0.15) is 32.3 Å². The third-order valence-electron chi connectivity index (χ3n) is 4.89. The van der Waals surface area contributed by atoms with Crippen LogP contribution in [-0.4, -0.2) is 31.9 Å². The van der Waals surface area contributed by atoms with Crippen LogP contribution in [0.15, 0.2) is 40.3 Å². The molecule has 1 aliphatic rings. The molecule has 1 aliphatic carbocycles. The number of amides is 1. The molecule has 2 atom stereocenters. The fourth-order valence-electron chi connectivity index (χ4n) is 3.13. The van der Waals surface area contributed by atoms with Gasteiger partial charge in [-0.15, -0.1) is 0 Å². The number of nitrogens with two attached hydrogens (primary N) is 1. The molecule has 0 spiro atoms. The van der Waals surface area contributed by atoms with Gasteiger partial charge in [-0.25, -0.2) is 13.6 Å². The maximum absolute atomic E-state index is 12.4. The molecule has 7 nitrogen and oxygen atoms in total. The topological polar surface area (TPSA) is 127 Å². The van der Waals surface area contributed by atoms with Crippen molar-refractivity contribution in [2.75, 3.05) is 6.54 Å². The lowest BCUT2D eigenvalue weighted by Crippen LogP contribution is -2.40. The van der Waals surface area contributed by atoms with Gasteiger partial charge in [0, 0.05) is 6.54 Å². The monoisotopic (exact) mass is 380 g/mol. The summed E-state index contributed by atoms with van der Waals surface area (Å²) in [5, 5.41) is 17.2. The Morgan fingerprint density at radius 1 is 1.12 bits per heavy atom. The predicted molar refractivity (Wildman–Crippen MR) is 96.8 cm³/mol. The second kappa shape index (κ2) is 8.01. The van der Waals surface area contributed by atoms with E-state index in [0.717, 1.165) is 16.7 Å². The van der Waals surface area contributed by atoms with E-state index in [4.69, 9.17) is 5.14 Å². The standard InChI is InChI=1S/C18H24N2O5S/c1-11-9-15(16(18(22)23)10-12(11)2)17(21)20-8-7-13-3-5-14(6-4-13)26(19,24)25/h3-6,15-16H,7-10H2,1-2H3,(H,20,21)(H,22,23)(H2,19,24,25). The van der Waals surface area contributed by atoms with Crippen molar-refractivity contribution in [2.45, 2.75) is 38.0 Å². The highest BCUT2D eigenvalue weighted by atomic mass is 32.2. The van der Waals surface area contributed by atoms with Gasteiger partial charge in [0.1, 0.15) is 0 Å². The Morgan fingerprint density at radius 2 is 1.65 bits per heavy atom. The number of nitrogens with one attached hydrogen (secondary N) is 1. The number of carboxylic acids is 1. The summed E-state index contributed by atoms with van der Waals surface area (Å²) >= 11 is 0. The molecule has 1 amide bonds. The fraction of sp³-hybridized carbons (Fsp3) is 0.444. The number of allylic oxidation sites excluding steroid dienone is 2. The van der Waals surface area contributed by atoms with Crippen LogP contribution in [-0.2, 0) is 26.0 Å².